The normalized spacial score (nSPS) is 17.8. The number of aromatic nitrogens is 2. The van der Waals surface area contributed by atoms with Gasteiger partial charge in [0.15, 0.2) is 0 Å². The summed E-state index contributed by atoms with van der Waals surface area (Å²) in [6.45, 7) is 5.63. The number of carbonyl (C=O) groups excluding carboxylic acids is 1. The molecule has 1 atom stereocenters. The third-order valence-electron chi connectivity index (χ3n) is 4.69. The van der Waals surface area contributed by atoms with Gasteiger partial charge in [-0.05, 0) is 57.4 Å². The van der Waals surface area contributed by atoms with Gasteiger partial charge in [-0.2, -0.15) is 5.10 Å². The summed E-state index contributed by atoms with van der Waals surface area (Å²) >= 11 is 0. The molecular weight excluding hydrogens is 302 g/mol. The number of hydrogen-bond acceptors (Lipinski definition) is 3. The van der Waals surface area contributed by atoms with Crippen LogP contribution in [0.1, 0.15) is 41.0 Å². The molecule has 1 aromatic heterocycles. The summed E-state index contributed by atoms with van der Waals surface area (Å²) in [6, 6.07) is 9.68. The predicted molar refractivity (Wildman–Crippen MR) is 93.4 cm³/mol. The maximum absolute atomic E-state index is 13.0. The van der Waals surface area contributed by atoms with E-state index in [1.807, 2.05) is 40.8 Å². The van der Waals surface area contributed by atoms with Crippen LogP contribution in [0.5, 0.6) is 5.75 Å². The van der Waals surface area contributed by atoms with Crippen LogP contribution in [0.3, 0.4) is 0 Å². The van der Waals surface area contributed by atoms with E-state index in [0.717, 1.165) is 43.7 Å². The fourth-order valence-electron chi connectivity index (χ4n) is 3.44. The van der Waals surface area contributed by atoms with Gasteiger partial charge in [0.1, 0.15) is 5.75 Å². The Hall–Kier alpha value is -2.30. The van der Waals surface area contributed by atoms with Crippen molar-refractivity contribution < 1.29 is 9.53 Å². The second kappa shape index (κ2) is 7.07. The first kappa shape index (κ1) is 16.6. The number of benzene rings is 1. The molecule has 1 aliphatic heterocycles. The molecule has 0 bridgehead atoms. The van der Waals surface area contributed by atoms with E-state index in [1.54, 1.807) is 7.11 Å². The van der Waals surface area contributed by atoms with Crippen molar-refractivity contribution in [1.82, 2.24) is 14.7 Å². The van der Waals surface area contributed by atoms with Crippen molar-refractivity contribution in [3.63, 3.8) is 0 Å². The highest BCUT2D eigenvalue weighted by atomic mass is 16.5. The topological polar surface area (TPSA) is 47.4 Å². The van der Waals surface area contributed by atoms with Gasteiger partial charge >= 0.3 is 0 Å². The zero-order valence-corrected chi connectivity index (χ0v) is 14.7. The molecular formula is C19H25N3O2. The standard InChI is InChI=1S/C19H25N3O2/c1-14-11-15(2)22(20-14)13-17-8-4-5-10-21(17)19(23)16-7-6-9-18(12-16)24-3/h6-7,9,11-12,17H,4-5,8,10,13H2,1-3H3/t17-/m0/s1. The summed E-state index contributed by atoms with van der Waals surface area (Å²) in [4.78, 5) is 15.0. The second-order valence-corrected chi connectivity index (χ2v) is 6.49. The molecule has 1 aromatic carbocycles. The molecule has 0 spiro atoms. The van der Waals surface area contributed by atoms with E-state index in [-0.39, 0.29) is 11.9 Å². The molecule has 5 heteroatoms. The molecule has 128 valence electrons. The number of nitrogens with zero attached hydrogens (tertiary/aromatic N) is 3. The summed E-state index contributed by atoms with van der Waals surface area (Å²) in [7, 11) is 1.62. The van der Waals surface area contributed by atoms with Crippen molar-refractivity contribution in [2.24, 2.45) is 0 Å². The van der Waals surface area contributed by atoms with E-state index in [0.29, 0.717) is 11.3 Å². The summed E-state index contributed by atoms with van der Waals surface area (Å²) in [5.41, 5.74) is 2.86. The van der Waals surface area contributed by atoms with E-state index in [2.05, 4.69) is 18.1 Å². The van der Waals surface area contributed by atoms with Crippen molar-refractivity contribution in [3.05, 3.63) is 47.3 Å². The van der Waals surface area contributed by atoms with E-state index in [9.17, 15) is 4.79 Å². The Bertz CT molecular complexity index is 723. The average Bonchev–Trinajstić information content (AvgIpc) is 2.92. The molecule has 0 saturated carbocycles. The van der Waals surface area contributed by atoms with Crippen LogP contribution >= 0.6 is 0 Å². The quantitative estimate of drug-likeness (QED) is 0.866. The monoisotopic (exact) mass is 327 g/mol. The number of carbonyl (C=O) groups is 1. The third kappa shape index (κ3) is 3.45. The average molecular weight is 327 g/mol. The van der Waals surface area contributed by atoms with Crippen LogP contribution in [0.2, 0.25) is 0 Å². The first-order chi connectivity index (χ1) is 11.6. The van der Waals surface area contributed by atoms with Crippen molar-refractivity contribution in [1.29, 1.82) is 0 Å². The number of aryl methyl sites for hydroxylation is 2. The Morgan fingerprint density at radius 1 is 1.29 bits per heavy atom. The minimum Gasteiger partial charge on any atom is -0.497 e. The first-order valence-electron chi connectivity index (χ1n) is 8.54. The largest absolute Gasteiger partial charge is 0.497 e. The SMILES string of the molecule is COc1cccc(C(=O)N2CCCC[C@H]2Cn2nc(C)cc2C)c1. The molecule has 1 amide bonds. The van der Waals surface area contributed by atoms with Crippen LogP contribution in [0, 0.1) is 13.8 Å². The lowest BCUT2D eigenvalue weighted by Crippen LogP contribution is -2.46. The number of rotatable bonds is 4. The number of likely N-dealkylation sites (tertiary alicyclic amines) is 1. The van der Waals surface area contributed by atoms with Crippen LogP contribution < -0.4 is 4.74 Å². The molecule has 2 aromatic rings. The Kier molecular flexibility index (Phi) is 4.88. The summed E-state index contributed by atoms with van der Waals surface area (Å²) in [5.74, 6) is 0.799. The Morgan fingerprint density at radius 2 is 2.12 bits per heavy atom. The van der Waals surface area contributed by atoms with Crippen LogP contribution in [0.25, 0.3) is 0 Å². The van der Waals surface area contributed by atoms with Gasteiger partial charge in [-0.15, -0.1) is 0 Å². The number of ether oxygens (including phenoxy) is 1. The Balaban J connectivity index is 1.80. The highest BCUT2D eigenvalue weighted by Crippen LogP contribution is 2.23. The zero-order chi connectivity index (χ0) is 17.1. The fraction of sp³-hybridized carbons (Fsp3) is 0.474. The fourth-order valence-corrected chi connectivity index (χ4v) is 3.44. The molecule has 0 N–H and O–H groups in total. The minimum atomic E-state index is 0.0835. The van der Waals surface area contributed by atoms with Gasteiger partial charge in [-0.25, -0.2) is 0 Å². The van der Waals surface area contributed by atoms with Crippen LogP contribution in [-0.4, -0.2) is 40.3 Å². The van der Waals surface area contributed by atoms with Crippen LogP contribution in [0.4, 0.5) is 0 Å². The van der Waals surface area contributed by atoms with E-state index >= 15 is 0 Å². The van der Waals surface area contributed by atoms with E-state index < -0.39 is 0 Å². The smallest absolute Gasteiger partial charge is 0.254 e. The summed E-state index contributed by atoms with van der Waals surface area (Å²) < 4.78 is 7.27. The third-order valence-corrected chi connectivity index (χ3v) is 4.69. The molecule has 5 nitrogen and oxygen atoms in total. The predicted octanol–water partition coefficient (Wildman–Crippen LogP) is 3.20. The molecule has 24 heavy (non-hydrogen) atoms. The summed E-state index contributed by atoms with van der Waals surface area (Å²) in [6.07, 6.45) is 3.24. The van der Waals surface area contributed by atoms with E-state index in [4.69, 9.17) is 4.74 Å². The van der Waals surface area contributed by atoms with Crippen molar-refractivity contribution in [3.8, 4) is 5.75 Å². The van der Waals surface area contributed by atoms with Gasteiger partial charge in [0.2, 0.25) is 0 Å². The van der Waals surface area contributed by atoms with Gasteiger partial charge in [-0.3, -0.25) is 9.48 Å². The molecule has 0 radical (unpaired) electrons. The van der Waals surface area contributed by atoms with Crippen LogP contribution in [0.15, 0.2) is 30.3 Å². The van der Waals surface area contributed by atoms with Gasteiger partial charge in [0, 0.05) is 17.8 Å². The number of methoxy groups -OCH3 is 1. The second-order valence-electron chi connectivity index (χ2n) is 6.49. The van der Waals surface area contributed by atoms with Crippen molar-refractivity contribution in [2.75, 3.05) is 13.7 Å². The molecule has 3 rings (SSSR count). The van der Waals surface area contributed by atoms with Crippen LogP contribution in [-0.2, 0) is 6.54 Å². The molecule has 0 aliphatic carbocycles. The lowest BCUT2D eigenvalue weighted by atomic mass is 10.0. The molecule has 2 heterocycles. The Labute approximate surface area is 143 Å². The van der Waals surface area contributed by atoms with E-state index in [1.165, 1.54) is 0 Å². The minimum absolute atomic E-state index is 0.0835. The molecule has 1 aliphatic rings. The highest BCUT2D eigenvalue weighted by molar-refractivity contribution is 5.94. The zero-order valence-electron chi connectivity index (χ0n) is 14.7. The lowest BCUT2D eigenvalue weighted by Gasteiger charge is -2.36. The van der Waals surface area contributed by atoms with Gasteiger partial charge in [0.05, 0.1) is 25.4 Å². The van der Waals surface area contributed by atoms with Crippen molar-refractivity contribution >= 4 is 5.91 Å². The number of hydrogen-bond donors (Lipinski definition) is 0. The lowest BCUT2D eigenvalue weighted by molar-refractivity contribution is 0.0582. The highest BCUT2D eigenvalue weighted by Gasteiger charge is 2.28. The van der Waals surface area contributed by atoms with Gasteiger partial charge in [-0.1, -0.05) is 6.07 Å². The van der Waals surface area contributed by atoms with Gasteiger partial charge < -0.3 is 9.64 Å². The Morgan fingerprint density at radius 3 is 2.83 bits per heavy atom. The maximum atomic E-state index is 13.0. The maximum Gasteiger partial charge on any atom is 0.254 e. The van der Waals surface area contributed by atoms with Gasteiger partial charge in [0.25, 0.3) is 5.91 Å². The first-order valence-corrected chi connectivity index (χ1v) is 8.54. The molecule has 0 unspecified atom stereocenters. The molecule has 1 fully saturated rings. The summed E-state index contributed by atoms with van der Waals surface area (Å²) in [5, 5.41) is 4.56. The number of amides is 1. The molecule has 1 saturated heterocycles. The van der Waals surface area contributed by atoms with Crippen molar-refractivity contribution in [2.45, 2.75) is 45.7 Å². The number of piperidine rings is 1.